The first-order chi connectivity index (χ1) is 6.56. The molecule has 4 nitrogen and oxygen atoms in total. The molecule has 14 heavy (non-hydrogen) atoms. The molecule has 0 saturated carbocycles. The summed E-state index contributed by atoms with van der Waals surface area (Å²) in [5.74, 6) is 0. The average molecular weight is 281 g/mol. The lowest BCUT2D eigenvalue weighted by molar-refractivity contribution is -0.384. The van der Waals surface area contributed by atoms with E-state index in [1.165, 1.54) is 18.2 Å². The van der Waals surface area contributed by atoms with Crippen molar-refractivity contribution in [3.8, 4) is 0 Å². The number of hydrogen-bond acceptors (Lipinski definition) is 3. The predicted molar refractivity (Wildman–Crippen MR) is 56.9 cm³/mol. The van der Waals surface area contributed by atoms with E-state index in [2.05, 4.69) is 15.9 Å². The maximum Gasteiger partial charge on any atom is 0.287 e. The van der Waals surface area contributed by atoms with E-state index in [4.69, 9.17) is 11.6 Å². The summed E-state index contributed by atoms with van der Waals surface area (Å²) in [6, 6.07) is 4.16. The van der Waals surface area contributed by atoms with Crippen LogP contribution < -0.4 is 0 Å². The molecule has 1 aromatic rings. The van der Waals surface area contributed by atoms with Gasteiger partial charge >= 0.3 is 0 Å². The van der Waals surface area contributed by atoms with E-state index in [0.717, 1.165) is 0 Å². The lowest BCUT2D eigenvalue weighted by Crippen LogP contribution is -1.99. The van der Waals surface area contributed by atoms with Gasteiger partial charge in [0, 0.05) is 11.4 Å². The standard InChI is InChI=1S/C8H7BrClNO3/c9-4-8(12)5-1-2-7(11(13)14)6(10)3-5/h1-3,8,12H,4H2. The molecule has 0 aliphatic heterocycles. The molecule has 1 rings (SSSR count). The monoisotopic (exact) mass is 279 g/mol. The molecule has 1 unspecified atom stereocenters. The molecule has 0 heterocycles. The number of nitrogens with zero attached hydrogens (tertiary/aromatic N) is 1. The minimum absolute atomic E-state index is 0.0347. The third-order valence-corrected chi connectivity index (χ3v) is 2.62. The zero-order valence-electron chi connectivity index (χ0n) is 6.98. The fourth-order valence-electron chi connectivity index (χ4n) is 0.968. The fraction of sp³-hybridized carbons (Fsp3) is 0.250. The third-order valence-electron chi connectivity index (χ3n) is 1.70. The Balaban J connectivity index is 3.06. The van der Waals surface area contributed by atoms with Crippen molar-refractivity contribution in [1.82, 2.24) is 0 Å². The highest BCUT2D eigenvalue weighted by molar-refractivity contribution is 9.09. The smallest absolute Gasteiger partial charge is 0.287 e. The van der Waals surface area contributed by atoms with E-state index < -0.39 is 11.0 Å². The van der Waals surface area contributed by atoms with Crippen LogP contribution in [0.5, 0.6) is 0 Å². The van der Waals surface area contributed by atoms with E-state index in [-0.39, 0.29) is 10.7 Å². The number of rotatable bonds is 3. The Labute approximate surface area is 93.8 Å². The van der Waals surface area contributed by atoms with Gasteiger partial charge in [0.1, 0.15) is 5.02 Å². The molecule has 1 atom stereocenters. The Hall–Kier alpha value is -0.650. The molecular formula is C8H7BrClNO3. The second kappa shape index (κ2) is 4.72. The Bertz CT molecular complexity index is 358. The Morgan fingerprint density at radius 2 is 2.29 bits per heavy atom. The van der Waals surface area contributed by atoms with Crippen molar-refractivity contribution in [2.75, 3.05) is 5.33 Å². The number of halogens is 2. The first-order valence-electron chi connectivity index (χ1n) is 3.74. The van der Waals surface area contributed by atoms with Crippen LogP contribution in [0.4, 0.5) is 5.69 Å². The van der Waals surface area contributed by atoms with Crippen LogP contribution in [0, 0.1) is 10.1 Å². The van der Waals surface area contributed by atoms with Gasteiger partial charge < -0.3 is 5.11 Å². The summed E-state index contributed by atoms with van der Waals surface area (Å²) in [7, 11) is 0. The van der Waals surface area contributed by atoms with E-state index in [1.54, 1.807) is 0 Å². The van der Waals surface area contributed by atoms with Crippen molar-refractivity contribution in [3.05, 3.63) is 38.9 Å². The minimum Gasteiger partial charge on any atom is -0.388 e. The minimum atomic E-state index is -0.701. The second-order valence-corrected chi connectivity index (χ2v) is 3.69. The number of aliphatic hydroxyl groups excluding tert-OH is 1. The summed E-state index contributed by atoms with van der Waals surface area (Å²) in [5.41, 5.74) is 0.398. The summed E-state index contributed by atoms with van der Waals surface area (Å²) in [6.07, 6.45) is -0.701. The highest BCUT2D eigenvalue weighted by Crippen LogP contribution is 2.27. The average Bonchev–Trinajstić information content (AvgIpc) is 2.15. The van der Waals surface area contributed by atoms with Crippen molar-refractivity contribution in [3.63, 3.8) is 0 Å². The van der Waals surface area contributed by atoms with Gasteiger partial charge in [0.05, 0.1) is 11.0 Å². The molecule has 0 aliphatic carbocycles. The Morgan fingerprint density at radius 3 is 2.71 bits per heavy atom. The van der Waals surface area contributed by atoms with Gasteiger partial charge in [-0.3, -0.25) is 10.1 Å². The van der Waals surface area contributed by atoms with Gasteiger partial charge in [-0.25, -0.2) is 0 Å². The molecular weight excluding hydrogens is 273 g/mol. The van der Waals surface area contributed by atoms with Gasteiger partial charge in [-0.15, -0.1) is 0 Å². The maximum absolute atomic E-state index is 10.4. The van der Waals surface area contributed by atoms with Crippen LogP contribution in [0.15, 0.2) is 18.2 Å². The van der Waals surface area contributed by atoms with Crippen molar-refractivity contribution in [2.24, 2.45) is 0 Å². The normalized spacial score (nSPS) is 12.5. The predicted octanol–water partition coefficient (Wildman–Crippen LogP) is 2.68. The van der Waals surface area contributed by atoms with Crippen LogP contribution in [0.1, 0.15) is 11.7 Å². The highest BCUT2D eigenvalue weighted by atomic mass is 79.9. The molecule has 0 aliphatic rings. The SMILES string of the molecule is O=[N+]([O-])c1ccc(C(O)CBr)cc1Cl. The van der Waals surface area contributed by atoms with Crippen LogP contribution in [0.2, 0.25) is 5.02 Å². The Morgan fingerprint density at radius 1 is 1.64 bits per heavy atom. The van der Waals surface area contributed by atoms with Gasteiger partial charge in [-0.05, 0) is 17.7 Å². The molecule has 1 N–H and O–H groups in total. The highest BCUT2D eigenvalue weighted by Gasteiger charge is 2.14. The van der Waals surface area contributed by atoms with Crippen molar-refractivity contribution >= 4 is 33.2 Å². The molecule has 0 fully saturated rings. The molecule has 6 heteroatoms. The largest absolute Gasteiger partial charge is 0.388 e. The van der Waals surface area contributed by atoms with Crippen LogP contribution in [-0.4, -0.2) is 15.4 Å². The van der Waals surface area contributed by atoms with Gasteiger partial charge in [0.15, 0.2) is 0 Å². The van der Waals surface area contributed by atoms with E-state index in [0.29, 0.717) is 10.9 Å². The van der Waals surface area contributed by atoms with Gasteiger partial charge in [0.25, 0.3) is 5.69 Å². The fourth-order valence-corrected chi connectivity index (χ4v) is 1.60. The molecule has 0 saturated heterocycles. The van der Waals surface area contributed by atoms with Crippen molar-refractivity contribution in [2.45, 2.75) is 6.10 Å². The molecule has 0 bridgehead atoms. The summed E-state index contributed by atoms with van der Waals surface area (Å²) < 4.78 is 0. The number of aliphatic hydroxyl groups is 1. The maximum atomic E-state index is 10.4. The molecule has 0 aromatic heterocycles. The van der Waals surface area contributed by atoms with Crippen LogP contribution in [0.3, 0.4) is 0 Å². The van der Waals surface area contributed by atoms with Gasteiger partial charge in [0.2, 0.25) is 0 Å². The molecule has 0 radical (unpaired) electrons. The van der Waals surface area contributed by atoms with Crippen LogP contribution >= 0.6 is 27.5 Å². The lowest BCUT2D eigenvalue weighted by Gasteiger charge is -2.06. The number of nitro groups is 1. The zero-order valence-corrected chi connectivity index (χ0v) is 9.33. The van der Waals surface area contributed by atoms with E-state index >= 15 is 0 Å². The lowest BCUT2D eigenvalue weighted by atomic mass is 10.1. The quantitative estimate of drug-likeness (QED) is 0.526. The van der Waals surface area contributed by atoms with Crippen molar-refractivity contribution in [1.29, 1.82) is 0 Å². The summed E-state index contributed by atoms with van der Waals surface area (Å²) >= 11 is 8.75. The molecule has 1 aromatic carbocycles. The zero-order chi connectivity index (χ0) is 10.7. The van der Waals surface area contributed by atoms with E-state index in [1.807, 2.05) is 0 Å². The second-order valence-electron chi connectivity index (χ2n) is 2.64. The number of alkyl halides is 1. The number of nitro benzene ring substituents is 1. The van der Waals surface area contributed by atoms with Crippen LogP contribution in [-0.2, 0) is 0 Å². The number of benzene rings is 1. The first kappa shape index (κ1) is 11.4. The summed E-state index contributed by atoms with van der Waals surface area (Å²) in [5, 5.41) is 20.2. The topological polar surface area (TPSA) is 63.4 Å². The molecule has 0 spiro atoms. The first-order valence-corrected chi connectivity index (χ1v) is 5.24. The molecule has 76 valence electrons. The third kappa shape index (κ3) is 2.43. The van der Waals surface area contributed by atoms with Gasteiger partial charge in [-0.2, -0.15) is 0 Å². The summed E-state index contributed by atoms with van der Waals surface area (Å²) in [6.45, 7) is 0. The molecule has 0 amide bonds. The summed E-state index contributed by atoms with van der Waals surface area (Å²) in [4.78, 5) is 9.86. The van der Waals surface area contributed by atoms with Crippen LogP contribution in [0.25, 0.3) is 0 Å². The Kier molecular flexibility index (Phi) is 3.86. The number of hydrogen-bond donors (Lipinski definition) is 1. The van der Waals surface area contributed by atoms with Crippen molar-refractivity contribution < 1.29 is 10.0 Å². The van der Waals surface area contributed by atoms with E-state index in [9.17, 15) is 15.2 Å². The van der Waals surface area contributed by atoms with Gasteiger partial charge in [-0.1, -0.05) is 27.5 Å².